The van der Waals surface area contributed by atoms with Crippen molar-refractivity contribution in [2.45, 2.75) is 44.4 Å². The van der Waals surface area contributed by atoms with Crippen LogP contribution in [0.15, 0.2) is 41.6 Å². The molecule has 1 aromatic rings. The average Bonchev–Trinajstić information content (AvgIpc) is 3.04. The van der Waals surface area contributed by atoms with Crippen LogP contribution in [0.4, 0.5) is 0 Å². The van der Waals surface area contributed by atoms with Crippen LogP contribution in [0, 0.1) is 6.92 Å². The quantitative estimate of drug-likeness (QED) is 0.513. The summed E-state index contributed by atoms with van der Waals surface area (Å²) in [5.41, 5.74) is 0.876. The molecule has 27 heavy (non-hydrogen) atoms. The molecule has 0 spiro atoms. The highest BCUT2D eigenvalue weighted by molar-refractivity contribution is 7.99. The van der Waals surface area contributed by atoms with E-state index in [-0.39, 0.29) is 10.6 Å². The number of nitrogens with zero attached hydrogens (tertiary/aromatic N) is 2. The van der Waals surface area contributed by atoms with E-state index >= 15 is 0 Å². The highest BCUT2D eigenvalue weighted by Crippen LogP contribution is 2.17. The van der Waals surface area contributed by atoms with Crippen LogP contribution < -0.4 is 0 Å². The summed E-state index contributed by atoms with van der Waals surface area (Å²) in [5.74, 6) is -0.324. The highest BCUT2D eigenvalue weighted by atomic mass is 32.3. The molecule has 0 saturated heterocycles. The van der Waals surface area contributed by atoms with Gasteiger partial charge < -0.3 is 9.80 Å². The summed E-state index contributed by atoms with van der Waals surface area (Å²) >= 11 is 0. The fourth-order valence-corrected chi connectivity index (χ4v) is 5.38. The minimum absolute atomic E-state index is 0.161. The maximum Gasteiger partial charge on any atom is 0.311 e. The molecular weight excluding hydrogens is 388 g/mol. The maximum absolute atomic E-state index is 12.1. The molecule has 0 bridgehead atoms. The molecule has 0 saturated carbocycles. The lowest BCUT2D eigenvalue weighted by atomic mass is 10.2. The zero-order valence-corrected chi connectivity index (χ0v) is 17.5. The number of rotatable bonds is 11. The fraction of sp³-hybridized carbons (Fsp3) is 0.556. The van der Waals surface area contributed by atoms with E-state index in [0.717, 1.165) is 38.2 Å². The summed E-state index contributed by atoms with van der Waals surface area (Å²) in [4.78, 5) is 4.18. The van der Waals surface area contributed by atoms with Gasteiger partial charge in [0.15, 0.2) is 0 Å². The second kappa shape index (κ2) is 9.57. The first-order valence-electron chi connectivity index (χ1n) is 9.14. The Morgan fingerprint density at radius 3 is 2.11 bits per heavy atom. The van der Waals surface area contributed by atoms with E-state index in [2.05, 4.69) is 20.4 Å². The second-order valence-corrected chi connectivity index (χ2v) is 10.2. The molecule has 0 radical (unpaired) electrons. The van der Waals surface area contributed by atoms with Gasteiger partial charge in [0.2, 0.25) is 0 Å². The molecule has 7 nitrogen and oxygen atoms in total. The van der Waals surface area contributed by atoms with Crippen LogP contribution in [0.3, 0.4) is 0 Å². The summed E-state index contributed by atoms with van der Waals surface area (Å²) in [5, 5.41) is 0. The number of aryl methyl sites for hydroxylation is 1. The highest BCUT2D eigenvalue weighted by Gasteiger charge is 2.24. The largest absolute Gasteiger partial charge is 0.359 e. The van der Waals surface area contributed by atoms with E-state index in [4.69, 9.17) is 0 Å². The number of hydrogen-bond acceptors (Lipinski definition) is 7. The second-order valence-electron chi connectivity index (χ2n) is 6.72. The average molecular weight is 417 g/mol. The van der Waals surface area contributed by atoms with Gasteiger partial charge in [-0.25, -0.2) is 0 Å². The molecule has 1 aliphatic heterocycles. The van der Waals surface area contributed by atoms with Crippen molar-refractivity contribution in [1.82, 2.24) is 9.80 Å². The third-order valence-corrected chi connectivity index (χ3v) is 7.43. The molecule has 0 fully saturated rings. The van der Waals surface area contributed by atoms with Crippen molar-refractivity contribution in [2.24, 2.45) is 0 Å². The minimum atomic E-state index is -4.32. The first-order chi connectivity index (χ1) is 12.7. The van der Waals surface area contributed by atoms with Crippen LogP contribution in [0.25, 0.3) is 0 Å². The van der Waals surface area contributed by atoms with Crippen LogP contribution in [-0.2, 0) is 23.9 Å². The summed E-state index contributed by atoms with van der Waals surface area (Å²) in [7, 11) is -8.47. The van der Waals surface area contributed by atoms with Gasteiger partial charge in [0.1, 0.15) is 0 Å². The van der Waals surface area contributed by atoms with Crippen LogP contribution in [-0.4, -0.2) is 52.1 Å². The zero-order chi connectivity index (χ0) is 19.9. The van der Waals surface area contributed by atoms with Gasteiger partial charge in [0.25, 0.3) is 10.1 Å². The van der Waals surface area contributed by atoms with Crippen molar-refractivity contribution in [2.75, 3.05) is 25.5 Å². The number of hydrogen-bond donors (Lipinski definition) is 0. The molecule has 0 aliphatic carbocycles. The molecule has 0 N–H and O–H groups in total. The lowest BCUT2D eigenvalue weighted by molar-refractivity contribution is 0.260. The molecule has 0 amide bonds. The van der Waals surface area contributed by atoms with E-state index in [1.54, 1.807) is 12.1 Å². The van der Waals surface area contributed by atoms with Gasteiger partial charge in [-0.05, 0) is 38.3 Å². The third-order valence-electron chi connectivity index (χ3n) is 4.24. The Balaban J connectivity index is 1.75. The standard InChI is InChI=1S/C18H28N2O5S2/c1-3-4-11-19-13-14-20(16-19)12-5-6-15-26(21,22)25-27(23,24)18-9-7-17(2)8-10-18/h7-10,13-14H,3-6,11-12,15-16H2,1-2H3. The van der Waals surface area contributed by atoms with Gasteiger partial charge in [-0.2, -0.15) is 16.8 Å². The van der Waals surface area contributed by atoms with E-state index in [1.807, 2.05) is 19.3 Å². The first kappa shape index (κ1) is 21.7. The van der Waals surface area contributed by atoms with E-state index in [0.29, 0.717) is 12.8 Å². The Morgan fingerprint density at radius 1 is 0.926 bits per heavy atom. The van der Waals surface area contributed by atoms with Crippen LogP contribution in [0.1, 0.15) is 38.2 Å². The predicted octanol–water partition coefficient (Wildman–Crippen LogP) is 2.66. The lowest BCUT2D eigenvalue weighted by Crippen LogP contribution is -2.27. The van der Waals surface area contributed by atoms with Crippen LogP contribution >= 0.6 is 0 Å². The van der Waals surface area contributed by atoms with Gasteiger partial charge in [0.05, 0.1) is 17.3 Å². The van der Waals surface area contributed by atoms with Crippen molar-refractivity contribution in [3.05, 3.63) is 42.2 Å². The Morgan fingerprint density at radius 2 is 1.52 bits per heavy atom. The van der Waals surface area contributed by atoms with Crippen molar-refractivity contribution < 1.29 is 20.5 Å². The first-order valence-corrected chi connectivity index (χ1v) is 12.1. The number of unbranched alkanes of at least 4 members (excludes halogenated alkanes) is 2. The molecule has 1 heterocycles. The fourth-order valence-electron chi connectivity index (χ4n) is 2.68. The summed E-state index contributed by atoms with van der Waals surface area (Å²) < 4.78 is 52.7. The summed E-state index contributed by atoms with van der Waals surface area (Å²) in [6.45, 7) is 6.51. The molecular formula is C18H28N2O5S2. The monoisotopic (exact) mass is 416 g/mol. The normalized spacial score (nSPS) is 14.9. The SMILES string of the molecule is CCCCN1C=CN(CCCCS(=O)(=O)OS(=O)(=O)c2ccc(C)cc2)C1. The molecule has 152 valence electrons. The number of benzene rings is 1. The Kier molecular flexibility index (Phi) is 7.69. The van der Waals surface area contributed by atoms with Crippen LogP contribution in [0.5, 0.6) is 0 Å². The summed E-state index contributed by atoms with van der Waals surface area (Å²) in [6.07, 6.45) is 7.31. The maximum atomic E-state index is 12.1. The predicted molar refractivity (Wildman–Crippen MR) is 105 cm³/mol. The Labute approximate surface area is 162 Å². The molecule has 0 atom stereocenters. The smallest absolute Gasteiger partial charge is 0.311 e. The van der Waals surface area contributed by atoms with E-state index < -0.39 is 20.2 Å². The molecule has 9 heteroatoms. The van der Waals surface area contributed by atoms with Gasteiger partial charge in [-0.3, -0.25) is 0 Å². The van der Waals surface area contributed by atoms with Crippen molar-refractivity contribution in [1.29, 1.82) is 0 Å². The Bertz CT molecular complexity index is 833. The molecule has 0 unspecified atom stereocenters. The van der Waals surface area contributed by atoms with E-state index in [1.165, 1.54) is 12.1 Å². The molecule has 0 aromatic heterocycles. The molecule has 1 aliphatic rings. The van der Waals surface area contributed by atoms with Crippen LogP contribution in [0.2, 0.25) is 0 Å². The minimum Gasteiger partial charge on any atom is -0.359 e. The molecule has 1 aromatic carbocycles. The van der Waals surface area contributed by atoms with Crippen molar-refractivity contribution in [3.63, 3.8) is 0 Å². The van der Waals surface area contributed by atoms with Gasteiger partial charge in [-0.15, -0.1) is 3.63 Å². The third kappa shape index (κ3) is 7.15. The Hall–Kier alpha value is -1.58. The van der Waals surface area contributed by atoms with Gasteiger partial charge in [-0.1, -0.05) is 31.0 Å². The van der Waals surface area contributed by atoms with E-state index in [9.17, 15) is 16.8 Å². The molecule has 2 rings (SSSR count). The topological polar surface area (TPSA) is 84.0 Å². The summed E-state index contributed by atoms with van der Waals surface area (Å²) in [6, 6.07) is 5.86. The van der Waals surface area contributed by atoms with Crippen molar-refractivity contribution >= 4 is 20.2 Å². The van der Waals surface area contributed by atoms with Gasteiger partial charge in [0, 0.05) is 25.5 Å². The van der Waals surface area contributed by atoms with Crippen molar-refractivity contribution in [3.8, 4) is 0 Å². The zero-order valence-electron chi connectivity index (χ0n) is 15.9. The lowest BCUT2D eigenvalue weighted by Gasteiger charge is -2.21. The van der Waals surface area contributed by atoms with Gasteiger partial charge >= 0.3 is 10.1 Å².